The predicted octanol–water partition coefficient (Wildman–Crippen LogP) is 0.444. The Hall–Kier alpha value is -0.610. The molecule has 14 heavy (non-hydrogen) atoms. The molecule has 0 radical (unpaired) electrons. The van der Waals surface area contributed by atoms with Crippen LogP contribution < -0.4 is 5.73 Å². The van der Waals surface area contributed by atoms with Crippen LogP contribution in [-0.2, 0) is 14.3 Å². The van der Waals surface area contributed by atoms with E-state index in [0.717, 1.165) is 19.3 Å². The lowest BCUT2D eigenvalue weighted by Gasteiger charge is -2.32. The highest BCUT2D eigenvalue weighted by atomic mass is 16.5. The number of hydrogen-bond donors (Lipinski definition) is 1. The Balaban J connectivity index is 2.05. The third-order valence-electron chi connectivity index (χ3n) is 3.10. The minimum Gasteiger partial charge on any atom is -0.466 e. The van der Waals surface area contributed by atoms with Crippen LogP contribution in [0.2, 0.25) is 0 Å². The highest BCUT2D eigenvalue weighted by molar-refractivity contribution is 5.74. The van der Waals surface area contributed by atoms with Crippen LogP contribution in [0.1, 0.15) is 26.2 Å². The van der Waals surface area contributed by atoms with E-state index in [-0.39, 0.29) is 30.1 Å². The first-order valence-electron chi connectivity index (χ1n) is 5.30. The molecule has 2 fully saturated rings. The molecule has 2 saturated heterocycles. The van der Waals surface area contributed by atoms with Crippen LogP contribution in [0, 0.1) is 5.92 Å². The van der Waals surface area contributed by atoms with Gasteiger partial charge in [0.1, 0.15) is 0 Å². The van der Waals surface area contributed by atoms with E-state index in [4.69, 9.17) is 15.2 Å². The number of carbonyl (C=O) groups excluding carboxylic acids is 1. The second-order valence-electron chi connectivity index (χ2n) is 4.05. The SMILES string of the molecule is CCOC(=O)C1C(N)C[C@H]2CC[C@@H]1O2. The fraction of sp³-hybridized carbons (Fsp3) is 0.900. The molecule has 4 heteroatoms. The Labute approximate surface area is 83.7 Å². The van der Waals surface area contributed by atoms with Crippen molar-refractivity contribution in [3.05, 3.63) is 0 Å². The quantitative estimate of drug-likeness (QED) is 0.656. The molecule has 0 aromatic heterocycles. The Bertz CT molecular complexity index is 231. The Kier molecular flexibility index (Phi) is 2.74. The normalized spacial score (nSPS) is 41.0. The molecule has 0 aliphatic carbocycles. The van der Waals surface area contributed by atoms with Crippen LogP contribution in [0.3, 0.4) is 0 Å². The van der Waals surface area contributed by atoms with Gasteiger partial charge in [-0.3, -0.25) is 4.79 Å². The number of fused-ring (bicyclic) bond motifs is 2. The van der Waals surface area contributed by atoms with Crippen LogP contribution >= 0.6 is 0 Å². The zero-order valence-electron chi connectivity index (χ0n) is 8.44. The first kappa shape index (κ1) is 9.93. The van der Waals surface area contributed by atoms with E-state index in [1.165, 1.54) is 0 Å². The molecule has 2 N–H and O–H groups in total. The maximum atomic E-state index is 11.6. The number of nitrogens with two attached hydrogens (primary N) is 1. The molecule has 2 aliphatic heterocycles. The van der Waals surface area contributed by atoms with Crippen LogP contribution in [0.5, 0.6) is 0 Å². The lowest BCUT2D eigenvalue weighted by atomic mass is 9.91. The van der Waals surface area contributed by atoms with Gasteiger partial charge in [0.15, 0.2) is 0 Å². The second-order valence-corrected chi connectivity index (χ2v) is 4.05. The largest absolute Gasteiger partial charge is 0.466 e. The zero-order chi connectivity index (χ0) is 10.1. The summed E-state index contributed by atoms with van der Waals surface area (Å²) in [5, 5.41) is 0. The van der Waals surface area contributed by atoms with E-state index in [2.05, 4.69) is 0 Å². The topological polar surface area (TPSA) is 61.5 Å². The Morgan fingerprint density at radius 1 is 1.57 bits per heavy atom. The van der Waals surface area contributed by atoms with E-state index in [1.54, 1.807) is 0 Å². The fourth-order valence-electron chi connectivity index (χ4n) is 2.46. The van der Waals surface area contributed by atoms with Crippen molar-refractivity contribution in [3.8, 4) is 0 Å². The summed E-state index contributed by atoms with van der Waals surface area (Å²) in [6.07, 6.45) is 3.05. The summed E-state index contributed by atoms with van der Waals surface area (Å²) in [5.41, 5.74) is 5.95. The van der Waals surface area contributed by atoms with Crippen LogP contribution in [0.25, 0.3) is 0 Å². The van der Waals surface area contributed by atoms with Gasteiger partial charge in [0.25, 0.3) is 0 Å². The second kappa shape index (κ2) is 3.87. The summed E-state index contributed by atoms with van der Waals surface area (Å²) in [6.45, 7) is 2.22. The minimum absolute atomic E-state index is 0.00259. The van der Waals surface area contributed by atoms with Crippen molar-refractivity contribution in [1.29, 1.82) is 0 Å². The minimum atomic E-state index is -0.242. The number of carbonyl (C=O) groups is 1. The highest BCUT2D eigenvalue weighted by Gasteiger charge is 2.45. The van der Waals surface area contributed by atoms with Gasteiger partial charge in [-0.2, -0.15) is 0 Å². The molecule has 2 unspecified atom stereocenters. The molecule has 80 valence electrons. The van der Waals surface area contributed by atoms with Gasteiger partial charge in [0.2, 0.25) is 0 Å². The van der Waals surface area contributed by atoms with Crippen molar-refractivity contribution in [2.45, 2.75) is 44.4 Å². The molecule has 0 spiro atoms. The van der Waals surface area contributed by atoms with Gasteiger partial charge in [-0.05, 0) is 26.2 Å². The summed E-state index contributed by atoms with van der Waals surface area (Å²) in [4.78, 5) is 11.6. The monoisotopic (exact) mass is 199 g/mol. The Morgan fingerprint density at radius 3 is 3.07 bits per heavy atom. The maximum Gasteiger partial charge on any atom is 0.313 e. The van der Waals surface area contributed by atoms with E-state index in [1.807, 2.05) is 6.92 Å². The smallest absolute Gasteiger partial charge is 0.313 e. The van der Waals surface area contributed by atoms with Crippen LogP contribution in [0.15, 0.2) is 0 Å². The van der Waals surface area contributed by atoms with E-state index < -0.39 is 0 Å². The van der Waals surface area contributed by atoms with Crippen molar-refractivity contribution in [2.24, 2.45) is 11.7 Å². The summed E-state index contributed by atoms with van der Waals surface area (Å²) < 4.78 is 10.7. The standard InChI is InChI=1S/C10H17NO3/c1-2-13-10(12)9-7(11)5-6-3-4-8(9)14-6/h6-9H,2-5,11H2,1H3/t6-,7?,8+,9?/m1/s1. The number of ether oxygens (including phenoxy) is 2. The van der Waals surface area contributed by atoms with Gasteiger partial charge in [-0.25, -0.2) is 0 Å². The van der Waals surface area contributed by atoms with Gasteiger partial charge in [0.05, 0.1) is 24.7 Å². The first-order chi connectivity index (χ1) is 6.72. The molecule has 4 nitrogen and oxygen atoms in total. The molecule has 2 aliphatic rings. The molecule has 2 bridgehead atoms. The number of rotatable bonds is 2. The fourth-order valence-corrected chi connectivity index (χ4v) is 2.46. The molecule has 0 aromatic carbocycles. The van der Waals surface area contributed by atoms with E-state index in [9.17, 15) is 4.79 Å². The predicted molar refractivity (Wildman–Crippen MR) is 50.6 cm³/mol. The number of esters is 1. The van der Waals surface area contributed by atoms with Crippen LogP contribution in [0.4, 0.5) is 0 Å². The third kappa shape index (κ3) is 1.64. The molecular weight excluding hydrogens is 182 g/mol. The van der Waals surface area contributed by atoms with Crippen molar-refractivity contribution >= 4 is 5.97 Å². The highest BCUT2D eigenvalue weighted by Crippen LogP contribution is 2.36. The first-order valence-corrected chi connectivity index (χ1v) is 5.30. The van der Waals surface area contributed by atoms with Crippen molar-refractivity contribution in [2.75, 3.05) is 6.61 Å². The lowest BCUT2D eigenvalue weighted by Crippen LogP contribution is -2.48. The van der Waals surface area contributed by atoms with Gasteiger partial charge in [-0.15, -0.1) is 0 Å². The van der Waals surface area contributed by atoms with Crippen molar-refractivity contribution in [1.82, 2.24) is 0 Å². The average Bonchev–Trinajstić information content (AvgIpc) is 2.48. The molecule has 4 atom stereocenters. The Morgan fingerprint density at radius 2 is 2.36 bits per heavy atom. The molecule has 0 amide bonds. The third-order valence-corrected chi connectivity index (χ3v) is 3.10. The number of hydrogen-bond acceptors (Lipinski definition) is 4. The maximum absolute atomic E-state index is 11.6. The summed E-state index contributed by atoms with van der Waals surface area (Å²) in [7, 11) is 0. The summed E-state index contributed by atoms with van der Waals surface area (Å²) in [6, 6.07) is -0.0831. The molecule has 2 rings (SSSR count). The zero-order valence-corrected chi connectivity index (χ0v) is 8.44. The van der Waals surface area contributed by atoms with Crippen molar-refractivity contribution < 1.29 is 14.3 Å². The van der Waals surface area contributed by atoms with Gasteiger partial charge in [-0.1, -0.05) is 0 Å². The van der Waals surface area contributed by atoms with Gasteiger partial charge >= 0.3 is 5.97 Å². The molecule has 0 aromatic rings. The molecule has 2 heterocycles. The van der Waals surface area contributed by atoms with Gasteiger partial charge < -0.3 is 15.2 Å². The van der Waals surface area contributed by atoms with E-state index >= 15 is 0 Å². The van der Waals surface area contributed by atoms with Crippen LogP contribution in [-0.4, -0.2) is 30.8 Å². The average molecular weight is 199 g/mol. The van der Waals surface area contributed by atoms with E-state index in [0.29, 0.717) is 6.61 Å². The summed E-state index contributed by atoms with van der Waals surface area (Å²) in [5.74, 6) is -0.431. The molecule has 0 saturated carbocycles. The molecular formula is C10H17NO3. The van der Waals surface area contributed by atoms with Crippen molar-refractivity contribution in [3.63, 3.8) is 0 Å². The lowest BCUT2D eigenvalue weighted by molar-refractivity contribution is -0.158. The summed E-state index contributed by atoms with van der Waals surface area (Å²) >= 11 is 0. The van der Waals surface area contributed by atoms with Gasteiger partial charge in [0, 0.05) is 6.04 Å².